The second kappa shape index (κ2) is 4.67. The van der Waals surface area contributed by atoms with E-state index in [-0.39, 0.29) is 0 Å². The number of alkyl halides is 3. The SMILES string of the molecule is FC(F)(F)c1cccc(-c2[c]ccc3ccccc23)c1. The molecule has 20 heavy (non-hydrogen) atoms. The van der Waals surface area contributed by atoms with Crippen LogP contribution in [0.4, 0.5) is 13.2 Å². The van der Waals surface area contributed by atoms with Crippen LogP contribution >= 0.6 is 0 Å². The van der Waals surface area contributed by atoms with Crippen LogP contribution in [0.5, 0.6) is 0 Å². The van der Waals surface area contributed by atoms with Crippen LogP contribution in [0, 0.1) is 6.07 Å². The highest BCUT2D eigenvalue weighted by molar-refractivity contribution is 5.96. The molecule has 0 saturated carbocycles. The average Bonchev–Trinajstić information content (AvgIpc) is 2.46. The molecule has 0 amide bonds. The van der Waals surface area contributed by atoms with Gasteiger partial charge >= 0.3 is 6.18 Å². The second-order valence-corrected chi connectivity index (χ2v) is 4.52. The van der Waals surface area contributed by atoms with Crippen molar-refractivity contribution in [1.29, 1.82) is 0 Å². The Bertz CT molecular complexity index is 752. The van der Waals surface area contributed by atoms with Crippen LogP contribution < -0.4 is 0 Å². The van der Waals surface area contributed by atoms with E-state index in [1.54, 1.807) is 12.1 Å². The van der Waals surface area contributed by atoms with Gasteiger partial charge in [-0.25, -0.2) is 0 Å². The van der Waals surface area contributed by atoms with Crippen LogP contribution in [0.15, 0.2) is 60.7 Å². The summed E-state index contributed by atoms with van der Waals surface area (Å²) in [6.45, 7) is 0. The zero-order valence-electron chi connectivity index (χ0n) is 10.4. The van der Waals surface area contributed by atoms with E-state index in [1.165, 1.54) is 6.07 Å². The molecule has 0 bridgehead atoms. The fraction of sp³-hybridized carbons (Fsp3) is 0.0588. The van der Waals surface area contributed by atoms with Gasteiger partial charge in [-0.2, -0.15) is 13.2 Å². The minimum atomic E-state index is -4.33. The zero-order valence-corrected chi connectivity index (χ0v) is 10.4. The van der Waals surface area contributed by atoms with Crippen LogP contribution in [-0.2, 0) is 6.18 Å². The molecule has 99 valence electrons. The van der Waals surface area contributed by atoms with E-state index in [4.69, 9.17) is 0 Å². The van der Waals surface area contributed by atoms with Gasteiger partial charge in [0.2, 0.25) is 0 Å². The van der Waals surface area contributed by atoms with Crippen molar-refractivity contribution in [3.8, 4) is 11.1 Å². The summed E-state index contributed by atoms with van der Waals surface area (Å²) in [6.07, 6.45) is -4.33. The van der Waals surface area contributed by atoms with Crippen LogP contribution in [-0.4, -0.2) is 0 Å². The van der Waals surface area contributed by atoms with Crippen LogP contribution in [0.3, 0.4) is 0 Å². The van der Waals surface area contributed by atoms with Crippen LogP contribution in [0.2, 0.25) is 0 Å². The lowest BCUT2D eigenvalue weighted by atomic mass is 9.97. The lowest BCUT2D eigenvalue weighted by molar-refractivity contribution is -0.137. The van der Waals surface area contributed by atoms with Gasteiger partial charge in [-0.15, -0.1) is 0 Å². The Morgan fingerprint density at radius 2 is 1.65 bits per heavy atom. The topological polar surface area (TPSA) is 0 Å². The van der Waals surface area contributed by atoms with Gasteiger partial charge in [0.15, 0.2) is 0 Å². The zero-order chi connectivity index (χ0) is 14.2. The number of rotatable bonds is 1. The van der Waals surface area contributed by atoms with Crippen molar-refractivity contribution in [2.24, 2.45) is 0 Å². The summed E-state index contributed by atoms with van der Waals surface area (Å²) in [5.74, 6) is 0. The van der Waals surface area contributed by atoms with Crippen molar-refractivity contribution < 1.29 is 13.2 Å². The quantitative estimate of drug-likeness (QED) is 0.561. The second-order valence-electron chi connectivity index (χ2n) is 4.52. The van der Waals surface area contributed by atoms with Gasteiger partial charge in [-0.1, -0.05) is 48.5 Å². The lowest BCUT2D eigenvalue weighted by Crippen LogP contribution is -2.04. The van der Waals surface area contributed by atoms with Crippen molar-refractivity contribution in [2.75, 3.05) is 0 Å². The monoisotopic (exact) mass is 271 g/mol. The van der Waals surface area contributed by atoms with Crippen molar-refractivity contribution in [1.82, 2.24) is 0 Å². The molecule has 0 nitrogen and oxygen atoms in total. The van der Waals surface area contributed by atoms with E-state index in [0.29, 0.717) is 11.1 Å². The number of benzene rings is 3. The van der Waals surface area contributed by atoms with Crippen molar-refractivity contribution in [3.63, 3.8) is 0 Å². The normalized spacial score (nSPS) is 11.8. The summed E-state index contributed by atoms with van der Waals surface area (Å²) in [4.78, 5) is 0. The maximum absolute atomic E-state index is 12.8. The molecule has 0 spiro atoms. The maximum atomic E-state index is 12.8. The summed E-state index contributed by atoms with van der Waals surface area (Å²) in [7, 11) is 0. The Balaban J connectivity index is 2.21. The van der Waals surface area contributed by atoms with Crippen molar-refractivity contribution >= 4 is 10.8 Å². The van der Waals surface area contributed by atoms with Crippen molar-refractivity contribution in [3.05, 3.63) is 72.3 Å². The molecule has 0 fully saturated rings. The molecule has 3 rings (SSSR count). The van der Waals surface area contributed by atoms with Gasteiger partial charge in [0, 0.05) is 0 Å². The Morgan fingerprint density at radius 3 is 2.45 bits per heavy atom. The molecule has 0 saturated heterocycles. The summed E-state index contributed by atoms with van der Waals surface area (Å²) < 4.78 is 38.4. The van der Waals surface area contributed by atoms with Gasteiger partial charge < -0.3 is 0 Å². The number of halogens is 3. The number of hydrogen-bond donors (Lipinski definition) is 0. The molecule has 0 aromatic heterocycles. The van der Waals surface area contributed by atoms with Crippen LogP contribution in [0.1, 0.15) is 5.56 Å². The maximum Gasteiger partial charge on any atom is 0.416 e. The summed E-state index contributed by atoms with van der Waals surface area (Å²) >= 11 is 0. The van der Waals surface area contributed by atoms with E-state index in [0.717, 1.165) is 22.9 Å². The van der Waals surface area contributed by atoms with Gasteiger partial charge in [0.05, 0.1) is 5.56 Å². The molecule has 0 N–H and O–H groups in total. The third-order valence-electron chi connectivity index (χ3n) is 3.20. The molecule has 3 aromatic rings. The molecule has 0 atom stereocenters. The first-order valence-electron chi connectivity index (χ1n) is 6.13. The van der Waals surface area contributed by atoms with E-state index >= 15 is 0 Å². The first kappa shape index (κ1) is 12.7. The fourth-order valence-electron chi connectivity index (χ4n) is 2.25. The molecular weight excluding hydrogens is 261 g/mol. The fourth-order valence-corrected chi connectivity index (χ4v) is 2.25. The van der Waals surface area contributed by atoms with Gasteiger partial charge in [-0.05, 0) is 40.1 Å². The number of fused-ring (bicyclic) bond motifs is 1. The summed E-state index contributed by atoms with van der Waals surface area (Å²) in [5.41, 5.74) is 0.571. The van der Waals surface area contributed by atoms with Gasteiger partial charge in [0.25, 0.3) is 0 Å². The highest BCUT2D eigenvalue weighted by Crippen LogP contribution is 2.34. The lowest BCUT2D eigenvalue weighted by Gasteiger charge is -2.10. The molecule has 0 heterocycles. The third kappa shape index (κ3) is 2.27. The molecule has 0 unspecified atom stereocenters. The smallest absolute Gasteiger partial charge is 0.166 e. The Morgan fingerprint density at radius 1 is 0.850 bits per heavy atom. The van der Waals surface area contributed by atoms with Gasteiger partial charge in [0.1, 0.15) is 0 Å². The van der Waals surface area contributed by atoms with E-state index in [9.17, 15) is 13.2 Å². The average molecular weight is 271 g/mol. The molecule has 1 radical (unpaired) electrons. The Kier molecular flexibility index (Phi) is 2.97. The highest BCUT2D eigenvalue weighted by Gasteiger charge is 2.30. The standard InChI is InChI=1S/C17H10F3/c18-17(19,20)14-8-3-7-13(11-14)16-10-4-6-12-5-1-2-9-15(12)16/h1-9,11H. The minimum absolute atomic E-state index is 0.525. The first-order chi connectivity index (χ1) is 9.55. The molecule has 3 heteroatoms. The summed E-state index contributed by atoms with van der Waals surface area (Å²) in [6, 6.07) is 19.6. The molecule has 0 aliphatic carbocycles. The van der Waals surface area contributed by atoms with E-state index in [2.05, 4.69) is 6.07 Å². The predicted molar refractivity (Wildman–Crippen MR) is 73.2 cm³/mol. The van der Waals surface area contributed by atoms with Gasteiger partial charge in [-0.3, -0.25) is 0 Å². The Labute approximate surface area is 114 Å². The Hall–Kier alpha value is -2.29. The van der Waals surface area contributed by atoms with Crippen molar-refractivity contribution in [2.45, 2.75) is 6.18 Å². The highest BCUT2D eigenvalue weighted by atomic mass is 19.4. The molecule has 0 aliphatic rings. The van der Waals surface area contributed by atoms with E-state index in [1.807, 2.05) is 30.3 Å². The molecule has 0 aliphatic heterocycles. The predicted octanol–water partition coefficient (Wildman–Crippen LogP) is 5.33. The third-order valence-corrected chi connectivity index (χ3v) is 3.20. The van der Waals surface area contributed by atoms with E-state index < -0.39 is 11.7 Å². The minimum Gasteiger partial charge on any atom is -0.166 e. The number of hydrogen-bond acceptors (Lipinski definition) is 0. The first-order valence-corrected chi connectivity index (χ1v) is 6.13. The largest absolute Gasteiger partial charge is 0.416 e. The molecule has 3 aromatic carbocycles. The van der Waals surface area contributed by atoms with Crippen LogP contribution in [0.25, 0.3) is 21.9 Å². The summed E-state index contributed by atoms with van der Waals surface area (Å²) in [5, 5.41) is 1.88. The molecular formula is C17H10F3.